The summed E-state index contributed by atoms with van der Waals surface area (Å²) in [7, 11) is 2.91. The quantitative estimate of drug-likeness (QED) is 0.429. The topological polar surface area (TPSA) is 82.1 Å². The predicted octanol–water partition coefficient (Wildman–Crippen LogP) is 2.23. The van der Waals surface area contributed by atoms with Crippen LogP contribution in [-0.2, 0) is 24.5 Å². The fourth-order valence-corrected chi connectivity index (χ4v) is 6.35. The first-order valence-electron chi connectivity index (χ1n) is 10.4. The van der Waals surface area contributed by atoms with Gasteiger partial charge in [-0.05, 0) is 18.9 Å². The van der Waals surface area contributed by atoms with E-state index < -0.39 is 28.8 Å². The van der Waals surface area contributed by atoms with Crippen molar-refractivity contribution >= 4 is 17.8 Å². The van der Waals surface area contributed by atoms with Crippen LogP contribution in [0.4, 0.5) is 0 Å². The van der Waals surface area contributed by atoms with Crippen molar-refractivity contribution in [3.8, 4) is 11.5 Å². The Morgan fingerprint density at radius 2 is 2.10 bits per heavy atom. The minimum absolute atomic E-state index is 0.105. The van der Waals surface area contributed by atoms with E-state index in [2.05, 4.69) is 0 Å². The van der Waals surface area contributed by atoms with Crippen molar-refractivity contribution in [2.45, 2.75) is 37.7 Å². The number of amides is 2. The number of carbonyl (C=O) groups excluding carboxylic acids is 3. The highest BCUT2D eigenvalue weighted by Crippen LogP contribution is 2.70. The third-order valence-electron chi connectivity index (χ3n) is 7.46. The van der Waals surface area contributed by atoms with Crippen LogP contribution in [0.3, 0.4) is 0 Å². The van der Waals surface area contributed by atoms with Gasteiger partial charge in [-0.1, -0.05) is 31.2 Å². The lowest BCUT2D eigenvalue weighted by Gasteiger charge is -2.62. The minimum atomic E-state index is -1.22. The Morgan fingerprint density at radius 1 is 1.30 bits per heavy atom. The molecule has 1 aromatic rings. The molecule has 1 saturated carbocycles. The molecule has 2 heterocycles. The second kappa shape index (κ2) is 6.33. The van der Waals surface area contributed by atoms with Gasteiger partial charge in [0.15, 0.2) is 11.5 Å². The third-order valence-corrected chi connectivity index (χ3v) is 7.46. The largest absolute Gasteiger partial charge is 0.493 e. The molecule has 0 aromatic heterocycles. The molecule has 0 radical (unpaired) electrons. The highest BCUT2D eigenvalue weighted by Gasteiger charge is 2.77. The van der Waals surface area contributed by atoms with Crippen molar-refractivity contribution in [3.05, 3.63) is 35.9 Å². The van der Waals surface area contributed by atoms with Crippen LogP contribution in [0.5, 0.6) is 11.5 Å². The van der Waals surface area contributed by atoms with Gasteiger partial charge in [0, 0.05) is 24.4 Å². The van der Waals surface area contributed by atoms with Crippen molar-refractivity contribution in [2.24, 2.45) is 17.3 Å². The Balaban J connectivity index is 1.81. The second-order valence-corrected chi connectivity index (χ2v) is 8.58. The zero-order chi connectivity index (χ0) is 21.3. The monoisotopic (exact) mass is 411 g/mol. The fraction of sp³-hybridized carbons (Fsp3) is 0.522. The van der Waals surface area contributed by atoms with Crippen LogP contribution in [0, 0.1) is 17.3 Å². The number of para-hydroxylation sites is 1. The molecule has 2 bridgehead atoms. The van der Waals surface area contributed by atoms with Crippen molar-refractivity contribution < 1.29 is 28.6 Å². The summed E-state index contributed by atoms with van der Waals surface area (Å²) in [5.41, 5.74) is -1.40. The van der Waals surface area contributed by atoms with Crippen molar-refractivity contribution in [1.82, 2.24) is 4.90 Å². The average molecular weight is 411 g/mol. The number of nitrogens with zero attached hydrogens (tertiary/aromatic N) is 1. The van der Waals surface area contributed by atoms with Gasteiger partial charge >= 0.3 is 5.97 Å². The molecule has 2 fully saturated rings. The number of rotatable bonds is 4. The first kappa shape index (κ1) is 19.2. The van der Waals surface area contributed by atoms with E-state index in [1.54, 1.807) is 7.11 Å². The Bertz CT molecular complexity index is 986. The Kier molecular flexibility index (Phi) is 4.04. The molecule has 3 aliphatic carbocycles. The average Bonchev–Trinajstić information content (AvgIpc) is 3.12. The smallest absolute Gasteiger partial charge is 0.310 e. The van der Waals surface area contributed by atoms with E-state index in [1.807, 2.05) is 37.3 Å². The van der Waals surface area contributed by atoms with E-state index in [0.29, 0.717) is 30.9 Å². The molecule has 6 rings (SSSR count). The van der Waals surface area contributed by atoms with Gasteiger partial charge in [-0.2, -0.15) is 0 Å². The molecule has 1 aromatic carbocycles. The number of piperidine rings is 1. The number of methoxy groups -OCH3 is 2. The summed E-state index contributed by atoms with van der Waals surface area (Å²) in [4.78, 5) is 41.5. The van der Waals surface area contributed by atoms with Gasteiger partial charge in [0.05, 0.1) is 31.0 Å². The zero-order valence-electron chi connectivity index (χ0n) is 17.3. The third kappa shape index (κ3) is 1.98. The first-order valence-corrected chi connectivity index (χ1v) is 10.4. The number of likely N-dealkylation sites (tertiary alicyclic amines) is 1. The lowest BCUT2D eigenvalue weighted by Crippen LogP contribution is -2.74. The summed E-state index contributed by atoms with van der Waals surface area (Å²) in [6.45, 7) is 2.26. The van der Waals surface area contributed by atoms with Crippen LogP contribution in [-0.4, -0.2) is 49.6 Å². The molecule has 158 valence electrons. The van der Waals surface area contributed by atoms with Crippen LogP contribution >= 0.6 is 0 Å². The molecule has 7 nitrogen and oxygen atoms in total. The summed E-state index contributed by atoms with van der Waals surface area (Å²) >= 11 is 0. The molecule has 1 saturated heterocycles. The van der Waals surface area contributed by atoms with Crippen LogP contribution in [0.15, 0.2) is 30.4 Å². The standard InChI is InChI=1S/C23H25NO6/c1-4-10-24-17(25)12-23-14-6-5-7-16(28-2)18(14)30-19(23)13-8-9-22(23,21(24)27)15(11-13)20(26)29-3/h5-9,13,15,19H,4,10-12H2,1-3H3. The summed E-state index contributed by atoms with van der Waals surface area (Å²) in [6, 6.07) is 5.55. The zero-order valence-corrected chi connectivity index (χ0v) is 17.3. The molecule has 7 heteroatoms. The lowest BCUT2D eigenvalue weighted by molar-refractivity contribution is -0.186. The first-order chi connectivity index (χ1) is 14.5. The molecular weight excluding hydrogens is 386 g/mol. The number of esters is 1. The predicted molar refractivity (Wildman–Crippen MR) is 106 cm³/mol. The summed E-state index contributed by atoms with van der Waals surface area (Å²) in [5.74, 6) is -0.607. The molecule has 2 amide bonds. The van der Waals surface area contributed by atoms with Gasteiger partial charge in [-0.3, -0.25) is 19.3 Å². The van der Waals surface area contributed by atoms with Gasteiger partial charge in [0.2, 0.25) is 11.8 Å². The maximum absolute atomic E-state index is 14.0. The van der Waals surface area contributed by atoms with Crippen molar-refractivity contribution in [2.75, 3.05) is 20.8 Å². The van der Waals surface area contributed by atoms with Crippen molar-refractivity contribution in [1.29, 1.82) is 0 Å². The summed E-state index contributed by atoms with van der Waals surface area (Å²) in [6.07, 6.45) is 4.66. The molecular formula is C23H25NO6. The van der Waals surface area contributed by atoms with E-state index in [1.165, 1.54) is 12.0 Å². The van der Waals surface area contributed by atoms with Crippen LogP contribution in [0.2, 0.25) is 0 Å². The molecule has 2 aliphatic heterocycles. The fourth-order valence-electron chi connectivity index (χ4n) is 6.35. The highest BCUT2D eigenvalue weighted by atomic mass is 16.5. The van der Waals surface area contributed by atoms with Gasteiger partial charge in [-0.15, -0.1) is 0 Å². The summed E-state index contributed by atoms with van der Waals surface area (Å²) < 4.78 is 17.1. The molecule has 0 N–H and O–H groups in total. The van der Waals surface area contributed by atoms with Crippen LogP contribution in [0.1, 0.15) is 31.7 Å². The SMILES string of the molecule is CCCN1C(=O)CC23c4cccc(OC)c4OC2C2C=CC3(C1=O)C(C(=O)OC)C2. The number of benzene rings is 1. The molecule has 5 aliphatic rings. The summed E-state index contributed by atoms with van der Waals surface area (Å²) in [5, 5.41) is 0. The van der Waals surface area contributed by atoms with E-state index in [0.717, 1.165) is 5.56 Å². The van der Waals surface area contributed by atoms with Crippen LogP contribution in [0.25, 0.3) is 0 Å². The number of imide groups is 1. The van der Waals surface area contributed by atoms with Gasteiger partial charge in [0.25, 0.3) is 0 Å². The highest BCUT2D eigenvalue weighted by molar-refractivity contribution is 6.07. The maximum Gasteiger partial charge on any atom is 0.310 e. The van der Waals surface area contributed by atoms with E-state index in [4.69, 9.17) is 14.2 Å². The molecule has 2 spiro atoms. The Morgan fingerprint density at radius 3 is 2.80 bits per heavy atom. The normalized spacial score (nSPS) is 35.4. The minimum Gasteiger partial charge on any atom is -0.493 e. The lowest BCUT2D eigenvalue weighted by atomic mass is 9.41. The van der Waals surface area contributed by atoms with Gasteiger partial charge in [0.1, 0.15) is 6.10 Å². The maximum atomic E-state index is 14.0. The van der Waals surface area contributed by atoms with Crippen LogP contribution < -0.4 is 9.47 Å². The Hall–Kier alpha value is -2.83. The number of hydrogen-bond acceptors (Lipinski definition) is 6. The van der Waals surface area contributed by atoms with E-state index in [-0.39, 0.29) is 24.2 Å². The van der Waals surface area contributed by atoms with E-state index >= 15 is 0 Å². The number of fused-ring (bicyclic) bond motifs is 2. The van der Waals surface area contributed by atoms with Crippen molar-refractivity contribution in [3.63, 3.8) is 0 Å². The number of carbonyl (C=O) groups is 3. The van der Waals surface area contributed by atoms with E-state index in [9.17, 15) is 14.4 Å². The molecule has 30 heavy (non-hydrogen) atoms. The number of hydrogen-bond donors (Lipinski definition) is 0. The second-order valence-electron chi connectivity index (χ2n) is 8.58. The molecule has 5 unspecified atom stereocenters. The number of ether oxygens (including phenoxy) is 3. The van der Waals surface area contributed by atoms with Gasteiger partial charge in [-0.25, -0.2) is 0 Å². The van der Waals surface area contributed by atoms with Gasteiger partial charge < -0.3 is 14.2 Å². The Labute approximate surface area is 175 Å². The molecule has 5 atom stereocenters.